The van der Waals surface area contributed by atoms with Crippen LogP contribution in [0.5, 0.6) is 0 Å². The average molecular weight is 238 g/mol. The van der Waals surface area contributed by atoms with E-state index in [1.165, 1.54) is 12.8 Å². The molecule has 2 rings (SSSR count). The maximum atomic E-state index is 5.15. The van der Waals surface area contributed by atoms with E-state index in [0.717, 1.165) is 32.1 Å². The molecule has 0 amide bonds. The lowest BCUT2D eigenvalue weighted by molar-refractivity contribution is 0.102. The summed E-state index contributed by atoms with van der Waals surface area (Å²) in [6.07, 6.45) is 4.19. The normalized spacial score (nSPS) is 26.3. The van der Waals surface area contributed by atoms with E-state index in [1.54, 1.807) is 13.4 Å². The van der Waals surface area contributed by atoms with Crippen LogP contribution in [0.3, 0.4) is 0 Å². The SMILES string of the molecule is COCCN1CCC[C@](C)(c2nncn2C)C1. The van der Waals surface area contributed by atoms with Crippen LogP contribution < -0.4 is 0 Å². The van der Waals surface area contributed by atoms with Gasteiger partial charge in [-0.3, -0.25) is 0 Å². The van der Waals surface area contributed by atoms with Crippen LogP contribution in [0.1, 0.15) is 25.6 Å². The van der Waals surface area contributed by atoms with Gasteiger partial charge in [-0.25, -0.2) is 0 Å². The molecule has 2 heterocycles. The fourth-order valence-electron chi connectivity index (χ4n) is 2.77. The van der Waals surface area contributed by atoms with Crippen LogP contribution in [0.2, 0.25) is 0 Å². The Hall–Kier alpha value is -0.940. The molecule has 96 valence electrons. The first-order valence-electron chi connectivity index (χ1n) is 6.21. The summed E-state index contributed by atoms with van der Waals surface area (Å²) < 4.78 is 7.19. The van der Waals surface area contributed by atoms with E-state index < -0.39 is 0 Å². The molecule has 1 saturated heterocycles. The molecule has 1 fully saturated rings. The van der Waals surface area contributed by atoms with Gasteiger partial charge in [0.15, 0.2) is 0 Å². The van der Waals surface area contributed by atoms with Gasteiger partial charge in [-0.15, -0.1) is 10.2 Å². The smallest absolute Gasteiger partial charge is 0.139 e. The fraction of sp³-hybridized carbons (Fsp3) is 0.833. The summed E-state index contributed by atoms with van der Waals surface area (Å²) in [5, 5.41) is 8.28. The average Bonchev–Trinajstić information content (AvgIpc) is 2.74. The maximum Gasteiger partial charge on any atom is 0.139 e. The Bertz CT molecular complexity index is 365. The highest BCUT2D eigenvalue weighted by atomic mass is 16.5. The third-order valence-electron chi connectivity index (χ3n) is 3.64. The molecular weight excluding hydrogens is 216 g/mol. The number of aromatic nitrogens is 3. The van der Waals surface area contributed by atoms with Crippen LogP contribution in [0, 0.1) is 0 Å². The molecule has 0 bridgehead atoms. The number of rotatable bonds is 4. The second-order valence-corrected chi connectivity index (χ2v) is 5.20. The van der Waals surface area contributed by atoms with Crippen molar-refractivity contribution in [1.82, 2.24) is 19.7 Å². The van der Waals surface area contributed by atoms with Crippen molar-refractivity contribution in [2.75, 3.05) is 33.4 Å². The Morgan fingerprint density at radius 2 is 2.35 bits per heavy atom. The second kappa shape index (κ2) is 5.14. The topological polar surface area (TPSA) is 43.2 Å². The third-order valence-corrected chi connectivity index (χ3v) is 3.64. The first-order chi connectivity index (χ1) is 8.15. The van der Waals surface area contributed by atoms with Gasteiger partial charge in [0.25, 0.3) is 0 Å². The Kier molecular flexibility index (Phi) is 3.79. The molecule has 0 saturated carbocycles. The van der Waals surface area contributed by atoms with Crippen molar-refractivity contribution in [2.45, 2.75) is 25.2 Å². The second-order valence-electron chi connectivity index (χ2n) is 5.20. The number of methoxy groups -OCH3 is 1. The summed E-state index contributed by atoms with van der Waals surface area (Å²) in [5.41, 5.74) is 0.122. The van der Waals surface area contributed by atoms with Crippen molar-refractivity contribution >= 4 is 0 Å². The quantitative estimate of drug-likeness (QED) is 0.779. The van der Waals surface area contributed by atoms with Crippen LogP contribution in [0.4, 0.5) is 0 Å². The summed E-state index contributed by atoms with van der Waals surface area (Å²) in [6, 6.07) is 0. The molecule has 0 radical (unpaired) electrons. The molecule has 0 aromatic carbocycles. The van der Waals surface area contributed by atoms with Gasteiger partial charge in [-0.05, 0) is 19.4 Å². The standard InChI is InChI=1S/C12H22N4O/c1-12(11-14-13-10-15(11)2)5-4-6-16(9-12)7-8-17-3/h10H,4-9H2,1-3H3/t12-/m0/s1. The van der Waals surface area contributed by atoms with Crippen molar-refractivity contribution in [1.29, 1.82) is 0 Å². The molecule has 5 nitrogen and oxygen atoms in total. The van der Waals surface area contributed by atoms with Crippen LogP contribution >= 0.6 is 0 Å². The minimum Gasteiger partial charge on any atom is -0.383 e. The van der Waals surface area contributed by atoms with E-state index >= 15 is 0 Å². The zero-order valence-corrected chi connectivity index (χ0v) is 11.0. The monoisotopic (exact) mass is 238 g/mol. The van der Waals surface area contributed by atoms with Crippen molar-refractivity contribution in [2.24, 2.45) is 7.05 Å². The van der Waals surface area contributed by atoms with Crippen LogP contribution in [-0.4, -0.2) is 53.0 Å². The summed E-state index contributed by atoms with van der Waals surface area (Å²) in [7, 11) is 3.78. The van der Waals surface area contributed by atoms with E-state index in [2.05, 4.69) is 22.0 Å². The summed E-state index contributed by atoms with van der Waals surface area (Å²) in [5.74, 6) is 1.10. The van der Waals surface area contributed by atoms with Gasteiger partial charge in [-0.1, -0.05) is 6.92 Å². The molecule has 1 atom stereocenters. The number of aryl methyl sites for hydroxylation is 1. The number of likely N-dealkylation sites (tertiary alicyclic amines) is 1. The largest absolute Gasteiger partial charge is 0.383 e. The third kappa shape index (κ3) is 2.66. The first-order valence-corrected chi connectivity index (χ1v) is 6.21. The predicted octanol–water partition coefficient (Wildman–Crippen LogP) is 0.815. The molecule has 0 unspecified atom stereocenters. The number of ether oxygens (including phenoxy) is 1. The van der Waals surface area contributed by atoms with Gasteiger partial charge in [0, 0.05) is 32.7 Å². The van der Waals surface area contributed by atoms with Gasteiger partial charge in [0.1, 0.15) is 12.2 Å². The molecule has 0 N–H and O–H groups in total. The highest BCUT2D eigenvalue weighted by molar-refractivity contribution is 5.08. The maximum absolute atomic E-state index is 5.15. The molecule has 0 spiro atoms. The fourth-order valence-corrected chi connectivity index (χ4v) is 2.77. The minimum atomic E-state index is 0.122. The molecule has 0 aliphatic carbocycles. The Labute approximate surface area is 103 Å². The number of nitrogens with zero attached hydrogens (tertiary/aromatic N) is 4. The van der Waals surface area contributed by atoms with Crippen LogP contribution in [0.15, 0.2) is 6.33 Å². The van der Waals surface area contributed by atoms with Gasteiger partial charge in [0.2, 0.25) is 0 Å². The molecule has 1 aromatic heterocycles. The summed E-state index contributed by atoms with van der Waals surface area (Å²) in [6.45, 7) is 6.30. The number of piperidine rings is 1. The number of hydrogen-bond acceptors (Lipinski definition) is 4. The minimum absolute atomic E-state index is 0.122. The van der Waals surface area contributed by atoms with E-state index in [-0.39, 0.29) is 5.41 Å². The summed E-state index contributed by atoms with van der Waals surface area (Å²) in [4.78, 5) is 2.46. The van der Waals surface area contributed by atoms with E-state index in [4.69, 9.17) is 4.74 Å². The van der Waals surface area contributed by atoms with Crippen LogP contribution in [-0.2, 0) is 17.2 Å². The molecule has 1 aromatic rings. The van der Waals surface area contributed by atoms with Crippen molar-refractivity contribution < 1.29 is 4.74 Å². The van der Waals surface area contributed by atoms with Gasteiger partial charge < -0.3 is 14.2 Å². The Morgan fingerprint density at radius 3 is 3.00 bits per heavy atom. The molecule has 1 aliphatic rings. The van der Waals surface area contributed by atoms with Gasteiger partial charge >= 0.3 is 0 Å². The Balaban J connectivity index is 2.07. The highest BCUT2D eigenvalue weighted by Crippen LogP contribution is 2.31. The predicted molar refractivity (Wildman–Crippen MR) is 65.9 cm³/mol. The van der Waals surface area contributed by atoms with Crippen molar-refractivity contribution in [3.63, 3.8) is 0 Å². The lowest BCUT2D eigenvalue weighted by atomic mass is 9.81. The summed E-state index contributed by atoms with van der Waals surface area (Å²) >= 11 is 0. The van der Waals surface area contributed by atoms with E-state index in [9.17, 15) is 0 Å². The molecule has 1 aliphatic heterocycles. The zero-order chi connectivity index (χ0) is 12.3. The molecule has 5 heteroatoms. The van der Waals surface area contributed by atoms with Crippen molar-refractivity contribution in [3.8, 4) is 0 Å². The van der Waals surface area contributed by atoms with Crippen molar-refractivity contribution in [3.05, 3.63) is 12.2 Å². The van der Waals surface area contributed by atoms with Gasteiger partial charge in [0.05, 0.1) is 6.61 Å². The van der Waals surface area contributed by atoms with E-state index in [0.29, 0.717) is 0 Å². The zero-order valence-electron chi connectivity index (χ0n) is 11.0. The highest BCUT2D eigenvalue weighted by Gasteiger charge is 2.35. The van der Waals surface area contributed by atoms with Crippen LogP contribution in [0.25, 0.3) is 0 Å². The first kappa shape index (κ1) is 12.5. The molecular formula is C12H22N4O. The van der Waals surface area contributed by atoms with E-state index in [1.807, 2.05) is 11.6 Å². The number of hydrogen-bond donors (Lipinski definition) is 0. The lowest BCUT2D eigenvalue weighted by Gasteiger charge is -2.39. The van der Waals surface area contributed by atoms with Gasteiger partial charge in [-0.2, -0.15) is 0 Å². The molecule has 17 heavy (non-hydrogen) atoms. The lowest BCUT2D eigenvalue weighted by Crippen LogP contribution is -2.46. The Morgan fingerprint density at radius 1 is 1.53 bits per heavy atom.